The molecule has 0 saturated carbocycles. The van der Waals surface area contributed by atoms with E-state index in [0.29, 0.717) is 0 Å². The minimum atomic E-state index is -1.07. The molecule has 0 aromatic rings. The van der Waals surface area contributed by atoms with Gasteiger partial charge >= 0.3 is 0 Å². The standard InChI is InChI=1S/C6H12O4/c1-3-5(8)6(9)4(7)2-10-3/h3-9H,2H2,1H3/t3?,4?,5-,6?/m1/s1. The van der Waals surface area contributed by atoms with Gasteiger partial charge in [0.05, 0.1) is 12.7 Å². The van der Waals surface area contributed by atoms with Gasteiger partial charge in [0, 0.05) is 0 Å². The third-order valence-electron chi connectivity index (χ3n) is 1.75. The first kappa shape index (κ1) is 7.94. The van der Waals surface area contributed by atoms with Crippen LogP contribution in [0.2, 0.25) is 0 Å². The predicted octanol–water partition coefficient (Wildman–Crippen LogP) is -1.51. The van der Waals surface area contributed by atoms with Gasteiger partial charge in [0.2, 0.25) is 0 Å². The molecule has 1 heterocycles. The Kier molecular flexibility index (Phi) is 2.25. The fourth-order valence-corrected chi connectivity index (χ4v) is 0.953. The second-order valence-electron chi connectivity index (χ2n) is 2.59. The second-order valence-corrected chi connectivity index (χ2v) is 2.59. The van der Waals surface area contributed by atoms with Crippen LogP contribution in [0.25, 0.3) is 0 Å². The van der Waals surface area contributed by atoms with E-state index in [1.54, 1.807) is 6.92 Å². The molecular formula is C6H12O4. The first-order chi connectivity index (χ1) is 4.63. The topological polar surface area (TPSA) is 69.9 Å². The Morgan fingerprint density at radius 2 is 1.80 bits per heavy atom. The van der Waals surface area contributed by atoms with Crippen LogP contribution in [0.15, 0.2) is 0 Å². The zero-order chi connectivity index (χ0) is 7.72. The number of aliphatic hydroxyl groups is 3. The molecule has 0 amide bonds. The lowest BCUT2D eigenvalue weighted by Gasteiger charge is -2.33. The molecule has 60 valence electrons. The summed E-state index contributed by atoms with van der Waals surface area (Å²) in [5, 5.41) is 27.0. The van der Waals surface area contributed by atoms with Gasteiger partial charge in [0.25, 0.3) is 0 Å². The molecule has 4 nitrogen and oxygen atoms in total. The molecule has 0 radical (unpaired) electrons. The van der Waals surface area contributed by atoms with Crippen LogP contribution in [-0.2, 0) is 4.74 Å². The van der Waals surface area contributed by atoms with E-state index in [4.69, 9.17) is 20.1 Å². The highest BCUT2D eigenvalue weighted by Gasteiger charge is 2.34. The second kappa shape index (κ2) is 2.84. The molecule has 4 heteroatoms. The number of hydrogen-bond acceptors (Lipinski definition) is 4. The Hall–Kier alpha value is -0.160. The minimum Gasteiger partial charge on any atom is -0.388 e. The average Bonchev–Trinajstić information content (AvgIpc) is 1.93. The molecule has 10 heavy (non-hydrogen) atoms. The van der Waals surface area contributed by atoms with Crippen LogP contribution in [0.4, 0.5) is 0 Å². The van der Waals surface area contributed by atoms with E-state index in [0.717, 1.165) is 0 Å². The fourth-order valence-electron chi connectivity index (χ4n) is 0.953. The first-order valence-electron chi connectivity index (χ1n) is 3.28. The van der Waals surface area contributed by atoms with E-state index in [1.165, 1.54) is 0 Å². The number of ether oxygens (including phenoxy) is 1. The average molecular weight is 148 g/mol. The first-order valence-corrected chi connectivity index (χ1v) is 3.28. The van der Waals surface area contributed by atoms with Crippen LogP contribution in [0.5, 0.6) is 0 Å². The lowest BCUT2D eigenvalue weighted by molar-refractivity contribution is -0.181. The summed E-state index contributed by atoms with van der Waals surface area (Å²) in [7, 11) is 0. The molecule has 1 fully saturated rings. The molecule has 0 aromatic carbocycles. The molecule has 0 aromatic heterocycles. The Morgan fingerprint density at radius 3 is 2.30 bits per heavy atom. The lowest BCUT2D eigenvalue weighted by atomic mass is 10.0. The zero-order valence-corrected chi connectivity index (χ0v) is 5.77. The Morgan fingerprint density at radius 1 is 1.20 bits per heavy atom. The van der Waals surface area contributed by atoms with Crippen molar-refractivity contribution in [1.29, 1.82) is 0 Å². The molecule has 1 rings (SSSR count). The van der Waals surface area contributed by atoms with Gasteiger partial charge in [-0.1, -0.05) is 0 Å². The molecule has 0 spiro atoms. The summed E-state index contributed by atoms with van der Waals surface area (Å²) >= 11 is 0. The van der Waals surface area contributed by atoms with Gasteiger partial charge in [-0.05, 0) is 6.92 Å². The number of rotatable bonds is 0. The Labute approximate surface area is 59.1 Å². The molecular weight excluding hydrogens is 136 g/mol. The van der Waals surface area contributed by atoms with Gasteiger partial charge in [-0.2, -0.15) is 0 Å². The quantitative estimate of drug-likeness (QED) is 0.390. The zero-order valence-electron chi connectivity index (χ0n) is 5.77. The Balaban J connectivity index is 2.52. The highest BCUT2D eigenvalue weighted by molar-refractivity contribution is 4.83. The van der Waals surface area contributed by atoms with Crippen molar-refractivity contribution in [3.63, 3.8) is 0 Å². The van der Waals surface area contributed by atoms with Crippen molar-refractivity contribution in [2.75, 3.05) is 6.61 Å². The third-order valence-corrected chi connectivity index (χ3v) is 1.75. The molecule has 0 aliphatic carbocycles. The van der Waals surface area contributed by atoms with Crippen molar-refractivity contribution in [3.05, 3.63) is 0 Å². The normalized spacial score (nSPS) is 49.2. The molecule has 1 aliphatic rings. The van der Waals surface area contributed by atoms with E-state index in [1.807, 2.05) is 0 Å². The van der Waals surface area contributed by atoms with Gasteiger partial charge in [0.1, 0.15) is 18.3 Å². The maximum absolute atomic E-state index is 9.08. The van der Waals surface area contributed by atoms with Crippen LogP contribution in [-0.4, -0.2) is 46.3 Å². The molecule has 3 N–H and O–H groups in total. The van der Waals surface area contributed by atoms with E-state index in [-0.39, 0.29) is 6.61 Å². The van der Waals surface area contributed by atoms with Crippen LogP contribution in [0.3, 0.4) is 0 Å². The highest BCUT2D eigenvalue weighted by atomic mass is 16.5. The van der Waals surface area contributed by atoms with Crippen LogP contribution in [0, 0.1) is 0 Å². The summed E-state index contributed by atoms with van der Waals surface area (Å²) in [4.78, 5) is 0. The smallest absolute Gasteiger partial charge is 0.110 e. The maximum atomic E-state index is 9.08. The molecule has 0 bridgehead atoms. The van der Waals surface area contributed by atoms with Crippen LogP contribution >= 0.6 is 0 Å². The predicted molar refractivity (Wildman–Crippen MR) is 33.4 cm³/mol. The summed E-state index contributed by atoms with van der Waals surface area (Å²) in [5.41, 5.74) is 0. The van der Waals surface area contributed by atoms with E-state index in [2.05, 4.69) is 0 Å². The van der Waals surface area contributed by atoms with Crippen molar-refractivity contribution in [2.45, 2.75) is 31.3 Å². The van der Waals surface area contributed by atoms with Crippen LogP contribution in [0.1, 0.15) is 6.92 Å². The van der Waals surface area contributed by atoms with Crippen molar-refractivity contribution in [3.8, 4) is 0 Å². The summed E-state index contributed by atoms with van der Waals surface area (Å²) in [6.07, 6.45) is -3.38. The van der Waals surface area contributed by atoms with E-state index in [9.17, 15) is 0 Å². The van der Waals surface area contributed by atoms with Crippen molar-refractivity contribution >= 4 is 0 Å². The third kappa shape index (κ3) is 1.29. The summed E-state index contributed by atoms with van der Waals surface area (Å²) < 4.78 is 4.91. The summed E-state index contributed by atoms with van der Waals surface area (Å²) in [5.74, 6) is 0. The summed E-state index contributed by atoms with van der Waals surface area (Å²) in [6, 6.07) is 0. The van der Waals surface area contributed by atoms with Crippen molar-refractivity contribution in [2.24, 2.45) is 0 Å². The SMILES string of the molecule is CC1OCC(O)C(O)[C@@H]1O. The fraction of sp³-hybridized carbons (Fsp3) is 1.00. The maximum Gasteiger partial charge on any atom is 0.110 e. The molecule has 4 atom stereocenters. The number of hydrogen-bond donors (Lipinski definition) is 3. The molecule has 1 saturated heterocycles. The number of aliphatic hydroxyl groups excluding tert-OH is 3. The van der Waals surface area contributed by atoms with E-state index >= 15 is 0 Å². The van der Waals surface area contributed by atoms with Gasteiger partial charge < -0.3 is 20.1 Å². The van der Waals surface area contributed by atoms with Gasteiger partial charge in [-0.15, -0.1) is 0 Å². The van der Waals surface area contributed by atoms with Crippen molar-refractivity contribution in [1.82, 2.24) is 0 Å². The highest BCUT2D eigenvalue weighted by Crippen LogP contribution is 2.14. The largest absolute Gasteiger partial charge is 0.388 e. The van der Waals surface area contributed by atoms with Gasteiger partial charge in [-0.25, -0.2) is 0 Å². The minimum absolute atomic E-state index is 0.0966. The van der Waals surface area contributed by atoms with E-state index < -0.39 is 24.4 Å². The Bertz CT molecular complexity index is 102. The van der Waals surface area contributed by atoms with Gasteiger partial charge in [-0.3, -0.25) is 0 Å². The molecule has 1 aliphatic heterocycles. The van der Waals surface area contributed by atoms with Crippen LogP contribution < -0.4 is 0 Å². The lowest BCUT2D eigenvalue weighted by Crippen LogP contribution is -2.51. The molecule has 3 unspecified atom stereocenters. The van der Waals surface area contributed by atoms with Gasteiger partial charge in [0.15, 0.2) is 0 Å². The summed E-state index contributed by atoms with van der Waals surface area (Å²) in [6.45, 7) is 1.75. The monoisotopic (exact) mass is 148 g/mol. The van der Waals surface area contributed by atoms with Crippen molar-refractivity contribution < 1.29 is 20.1 Å².